The minimum absolute atomic E-state index is 0.375. The number of carbonyl (C=O) groups is 2. The molecule has 108 valence electrons. The van der Waals surface area contributed by atoms with E-state index in [0.29, 0.717) is 32.4 Å². The summed E-state index contributed by atoms with van der Waals surface area (Å²) in [5.41, 5.74) is 0.0191. The molecule has 0 aliphatic heterocycles. The summed E-state index contributed by atoms with van der Waals surface area (Å²) in [5.74, 6) is -0.600. The SMILES string of the molecule is Cc1ccc(OCCCNC(=O)C2(C(=O)O)CC2)cc1. The molecule has 1 aliphatic carbocycles. The molecule has 0 saturated heterocycles. The largest absolute Gasteiger partial charge is 0.494 e. The first-order valence-corrected chi connectivity index (χ1v) is 6.76. The molecular formula is C15H19NO4. The van der Waals surface area contributed by atoms with Crippen molar-refractivity contribution in [3.8, 4) is 5.75 Å². The van der Waals surface area contributed by atoms with Crippen LogP contribution in [-0.4, -0.2) is 30.1 Å². The molecule has 1 aromatic carbocycles. The van der Waals surface area contributed by atoms with E-state index in [9.17, 15) is 9.59 Å². The standard InChI is InChI=1S/C15H19NO4/c1-11-3-5-12(6-4-11)20-10-2-9-16-13(17)15(7-8-15)14(18)19/h3-6H,2,7-10H2,1H3,(H,16,17)(H,18,19). The molecule has 5 nitrogen and oxygen atoms in total. The van der Waals surface area contributed by atoms with E-state index >= 15 is 0 Å². The molecule has 0 atom stereocenters. The number of hydrogen-bond donors (Lipinski definition) is 2. The summed E-state index contributed by atoms with van der Waals surface area (Å²) in [4.78, 5) is 22.6. The van der Waals surface area contributed by atoms with Crippen LogP contribution in [-0.2, 0) is 9.59 Å². The molecule has 0 bridgehead atoms. The van der Waals surface area contributed by atoms with Crippen LogP contribution in [0.1, 0.15) is 24.8 Å². The minimum Gasteiger partial charge on any atom is -0.494 e. The molecule has 5 heteroatoms. The Balaban J connectivity index is 1.64. The third-order valence-electron chi connectivity index (χ3n) is 3.49. The molecule has 1 saturated carbocycles. The van der Waals surface area contributed by atoms with Crippen molar-refractivity contribution in [3.05, 3.63) is 29.8 Å². The molecule has 20 heavy (non-hydrogen) atoms. The maximum atomic E-state index is 11.7. The molecule has 0 aromatic heterocycles. The highest BCUT2D eigenvalue weighted by atomic mass is 16.5. The first-order valence-electron chi connectivity index (χ1n) is 6.76. The second kappa shape index (κ2) is 5.94. The van der Waals surface area contributed by atoms with Gasteiger partial charge in [0.2, 0.25) is 5.91 Å². The molecule has 1 fully saturated rings. The van der Waals surface area contributed by atoms with Crippen molar-refractivity contribution in [2.75, 3.05) is 13.2 Å². The van der Waals surface area contributed by atoms with Crippen LogP contribution in [0.15, 0.2) is 24.3 Å². The zero-order valence-electron chi connectivity index (χ0n) is 11.5. The van der Waals surface area contributed by atoms with Crippen molar-refractivity contribution in [2.45, 2.75) is 26.2 Å². The van der Waals surface area contributed by atoms with Crippen LogP contribution >= 0.6 is 0 Å². The Morgan fingerprint density at radius 3 is 2.50 bits per heavy atom. The van der Waals surface area contributed by atoms with Crippen molar-refractivity contribution in [2.24, 2.45) is 5.41 Å². The summed E-state index contributed by atoms with van der Waals surface area (Å²) in [5, 5.41) is 11.6. The summed E-state index contributed by atoms with van der Waals surface area (Å²) in [6, 6.07) is 7.75. The first kappa shape index (κ1) is 14.4. The molecule has 2 rings (SSSR count). The van der Waals surface area contributed by atoms with E-state index in [1.807, 2.05) is 31.2 Å². The number of aliphatic carboxylic acids is 1. The van der Waals surface area contributed by atoms with Gasteiger partial charge in [-0.25, -0.2) is 0 Å². The quantitative estimate of drug-likeness (QED) is 0.588. The van der Waals surface area contributed by atoms with E-state index in [1.54, 1.807) is 0 Å². The van der Waals surface area contributed by atoms with E-state index in [0.717, 1.165) is 5.75 Å². The van der Waals surface area contributed by atoms with E-state index in [2.05, 4.69) is 5.32 Å². The maximum absolute atomic E-state index is 11.7. The van der Waals surface area contributed by atoms with Gasteiger partial charge in [-0.1, -0.05) is 17.7 Å². The Hall–Kier alpha value is -2.04. The Morgan fingerprint density at radius 1 is 1.30 bits per heavy atom. The smallest absolute Gasteiger partial charge is 0.319 e. The van der Waals surface area contributed by atoms with E-state index < -0.39 is 11.4 Å². The number of carboxylic acids is 1. The lowest BCUT2D eigenvalue weighted by atomic mass is 10.1. The third-order valence-corrected chi connectivity index (χ3v) is 3.49. The number of ether oxygens (including phenoxy) is 1. The van der Waals surface area contributed by atoms with Crippen molar-refractivity contribution >= 4 is 11.9 Å². The minimum atomic E-state index is -1.15. The van der Waals surface area contributed by atoms with E-state index in [1.165, 1.54) is 5.56 Å². The number of benzene rings is 1. The van der Waals surface area contributed by atoms with Gasteiger partial charge in [-0.05, 0) is 38.3 Å². The topological polar surface area (TPSA) is 75.6 Å². The van der Waals surface area contributed by atoms with Crippen LogP contribution in [0.3, 0.4) is 0 Å². The van der Waals surface area contributed by atoms with Gasteiger partial charge < -0.3 is 15.2 Å². The normalized spacial score (nSPS) is 15.4. The first-order chi connectivity index (χ1) is 9.54. The molecule has 1 aliphatic rings. The van der Waals surface area contributed by atoms with Gasteiger partial charge in [0.15, 0.2) is 0 Å². The molecule has 1 amide bonds. The van der Waals surface area contributed by atoms with E-state index in [4.69, 9.17) is 9.84 Å². The van der Waals surface area contributed by atoms with Crippen LogP contribution < -0.4 is 10.1 Å². The van der Waals surface area contributed by atoms with Crippen LogP contribution in [0, 0.1) is 12.3 Å². The second-order valence-electron chi connectivity index (χ2n) is 5.16. The Bertz CT molecular complexity index is 491. The van der Waals surface area contributed by atoms with Crippen molar-refractivity contribution in [3.63, 3.8) is 0 Å². The number of amides is 1. The zero-order valence-corrected chi connectivity index (χ0v) is 11.5. The molecule has 0 unspecified atom stereocenters. The van der Waals surface area contributed by atoms with Crippen LogP contribution in [0.4, 0.5) is 0 Å². The number of nitrogens with one attached hydrogen (secondary N) is 1. The summed E-state index contributed by atoms with van der Waals surface area (Å²) >= 11 is 0. The highest BCUT2D eigenvalue weighted by molar-refractivity contribution is 6.04. The van der Waals surface area contributed by atoms with Gasteiger partial charge in [0, 0.05) is 6.54 Å². The predicted molar refractivity (Wildman–Crippen MR) is 73.6 cm³/mol. The summed E-state index contributed by atoms with van der Waals surface area (Å²) in [6.07, 6.45) is 1.53. The molecule has 0 heterocycles. The fourth-order valence-corrected chi connectivity index (χ4v) is 1.93. The Kier molecular flexibility index (Phi) is 4.27. The van der Waals surface area contributed by atoms with Gasteiger partial charge >= 0.3 is 5.97 Å². The Labute approximate surface area is 117 Å². The molecule has 2 N–H and O–H groups in total. The number of hydrogen-bond acceptors (Lipinski definition) is 3. The lowest BCUT2D eigenvalue weighted by Crippen LogP contribution is -2.37. The number of carboxylic acid groups (broad SMARTS) is 1. The number of aryl methyl sites for hydroxylation is 1. The molecule has 0 radical (unpaired) electrons. The van der Waals surface area contributed by atoms with Gasteiger partial charge in [0.25, 0.3) is 0 Å². The van der Waals surface area contributed by atoms with Gasteiger partial charge in [-0.3, -0.25) is 9.59 Å². The monoisotopic (exact) mass is 277 g/mol. The summed E-state index contributed by atoms with van der Waals surface area (Å²) in [7, 11) is 0. The van der Waals surface area contributed by atoms with Crippen LogP contribution in [0.2, 0.25) is 0 Å². The number of rotatable bonds is 7. The van der Waals surface area contributed by atoms with Crippen molar-refractivity contribution in [1.82, 2.24) is 5.32 Å². The second-order valence-corrected chi connectivity index (χ2v) is 5.16. The average Bonchev–Trinajstić information content (AvgIpc) is 3.22. The summed E-state index contributed by atoms with van der Waals surface area (Å²) < 4.78 is 5.52. The highest BCUT2D eigenvalue weighted by Crippen LogP contribution is 2.45. The summed E-state index contributed by atoms with van der Waals surface area (Å²) in [6.45, 7) is 2.93. The third kappa shape index (κ3) is 3.29. The maximum Gasteiger partial charge on any atom is 0.319 e. The zero-order chi connectivity index (χ0) is 14.6. The van der Waals surface area contributed by atoms with Crippen molar-refractivity contribution < 1.29 is 19.4 Å². The van der Waals surface area contributed by atoms with Gasteiger partial charge in [0.1, 0.15) is 11.2 Å². The van der Waals surface area contributed by atoms with Gasteiger partial charge in [0.05, 0.1) is 6.61 Å². The molecule has 1 aromatic rings. The lowest BCUT2D eigenvalue weighted by Gasteiger charge is -2.11. The average molecular weight is 277 g/mol. The highest BCUT2D eigenvalue weighted by Gasteiger charge is 2.56. The van der Waals surface area contributed by atoms with Crippen LogP contribution in [0.5, 0.6) is 5.75 Å². The fourth-order valence-electron chi connectivity index (χ4n) is 1.93. The Morgan fingerprint density at radius 2 is 1.95 bits per heavy atom. The van der Waals surface area contributed by atoms with Gasteiger partial charge in [-0.15, -0.1) is 0 Å². The molecular weight excluding hydrogens is 258 g/mol. The molecule has 0 spiro atoms. The number of carbonyl (C=O) groups excluding carboxylic acids is 1. The van der Waals surface area contributed by atoms with Crippen LogP contribution in [0.25, 0.3) is 0 Å². The van der Waals surface area contributed by atoms with E-state index in [-0.39, 0.29) is 5.91 Å². The van der Waals surface area contributed by atoms with Crippen molar-refractivity contribution in [1.29, 1.82) is 0 Å². The lowest BCUT2D eigenvalue weighted by molar-refractivity contribution is -0.149. The predicted octanol–water partition coefficient (Wildman–Crippen LogP) is 1.74. The fraction of sp³-hybridized carbons (Fsp3) is 0.467. The van der Waals surface area contributed by atoms with Gasteiger partial charge in [-0.2, -0.15) is 0 Å².